The van der Waals surface area contributed by atoms with E-state index in [9.17, 15) is 4.21 Å². The van der Waals surface area contributed by atoms with E-state index in [1.165, 1.54) is 0 Å². The number of benzene rings is 2. The first-order valence-electron chi connectivity index (χ1n) is 5.89. The second kappa shape index (κ2) is 4.59. The second-order valence-electron chi connectivity index (χ2n) is 4.35. The first-order valence-corrected chi connectivity index (χ1v) is 7.45. The molecule has 0 saturated carbocycles. The smallest absolute Gasteiger partial charge is 0.221 e. The Balaban J connectivity index is 2.28. The predicted molar refractivity (Wildman–Crippen MR) is 76.3 cm³/mol. The monoisotopic (exact) mass is 271 g/mol. The van der Waals surface area contributed by atoms with E-state index in [1.807, 2.05) is 31.3 Å². The van der Waals surface area contributed by atoms with Gasteiger partial charge in [0, 0.05) is 18.9 Å². The average molecular weight is 271 g/mol. The summed E-state index contributed by atoms with van der Waals surface area (Å²) in [6.45, 7) is 0. The van der Waals surface area contributed by atoms with Crippen LogP contribution in [0.4, 0.5) is 0 Å². The van der Waals surface area contributed by atoms with Crippen molar-refractivity contribution < 1.29 is 4.21 Å². The van der Waals surface area contributed by atoms with Crippen LogP contribution < -0.4 is 0 Å². The number of hydrogen-bond donors (Lipinski definition) is 0. The summed E-state index contributed by atoms with van der Waals surface area (Å²) in [5, 5.41) is 11.0. The summed E-state index contributed by atoms with van der Waals surface area (Å²) in [6.07, 6.45) is 1.61. The van der Waals surface area contributed by atoms with Crippen molar-refractivity contribution in [3.63, 3.8) is 0 Å². The Hall–Kier alpha value is -2.01. The third-order valence-corrected chi connectivity index (χ3v) is 3.99. The Labute approximate surface area is 113 Å². The molecule has 5 heteroatoms. The summed E-state index contributed by atoms with van der Waals surface area (Å²) in [5.41, 5.74) is 1.00. The normalized spacial score (nSPS) is 12.7. The van der Waals surface area contributed by atoms with Gasteiger partial charge in [0.15, 0.2) is 5.82 Å². The fourth-order valence-corrected chi connectivity index (χ4v) is 2.85. The predicted octanol–water partition coefficient (Wildman–Crippen LogP) is 2.37. The van der Waals surface area contributed by atoms with Crippen LogP contribution in [0.15, 0.2) is 47.6 Å². The van der Waals surface area contributed by atoms with Gasteiger partial charge in [-0.3, -0.25) is 4.21 Å². The van der Waals surface area contributed by atoms with Crippen LogP contribution in [0.25, 0.3) is 22.2 Å². The molecule has 1 heterocycles. The van der Waals surface area contributed by atoms with Gasteiger partial charge in [-0.15, -0.1) is 10.2 Å². The van der Waals surface area contributed by atoms with Crippen LogP contribution in [0.2, 0.25) is 0 Å². The minimum Gasteiger partial charge on any atom is -0.303 e. The van der Waals surface area contributed by atoms with Gasteiger partial charge < -0.3 is 4.57 Å². The zero-order valence-electron chi connectivity index (χ0n) is 10.7. The van der Waals surface area contributed by atoms with Crippen LogP contribution in [0.5, 0.6) is 0 Å². The average Bonchev–Trinajstić information content (AvgIpc) is 2.80. The summed E-state index contributed by atoms with van der Waals surface area (Å²) >= 11 is 0. The van der Waals surface area contributed by atoms with E-state index in [2.05, 4.69) is 28.4 Å². The first kappa shape index (κ1) is 12.0. The zero-order valence-corrected chi connectivity index (χ0v) is 11.5. The van der Waals surface area contributed by atoms with Crippen LogP contribution in [0, 0.1) is 0 Å². The summed E-state index contributed by atoms with van der Waals surface area (Å²) in [7, 11) is 0.703. The van der Waals surface area contributed by atoms with Gasteiger partial charge in [0.05, 0.1) is 10.8 Å². The molecule has 0 N–H and O–H groups in total. The number of nitrogens with zero attached hydrogens (tertiary/aromatic N) is 3. The molecule has 0 bridgehead atoms. The molecule has 3 aromatic rings. The lowest BCUT2D eigenvalue weighted by Gasteiger charge is -2.06. The SMILES string of the molecule is Cn1c(-c2cccc3ccccc23)nnc1S(C)=O. The van der Waals surface area contributed by atoms with Crippen molar-refractivity contribution in [1.82, 2.24) is 14.8 Å². The molecule has 0 aliphatic rings. The van der Waals surface area contributed by atoms with E-state index in [1.54, 1.807) is 10.8 Å². The van der Waals surface area contributed by atoms with Crippen LogP contribution in [0.3, 0.4) is 0 Å². The minimum atomic E-state index is -1.14. The maximum atomic E-state index is 11.6. The lowest BCUT2D eigenvalue weighted by Crippen LogP contribution is -2.01. The van der Waals surface area contributed by atoms with Crippen LogP contribution in [-0.2, 0) is 17.8 Å². The van der Waals surface area contributed by atoms with Crippen molar-refractivity contribution in [2.24, 2.45) is 7.05 Å². The molecule has 1 unspecified atom stereocenters. The Morgan fingerprint density at radius 3 is 2.53 bits per heavy atom. The number of aromatic nitrogens is 3. The zero-order chi connectivity index (χ0) is 13.4. The molecule has 0 spiro atoms. The fourth-order valence-electron chi connectivity index (χ4n) is 2.22. The highest BCUT2D eigenvalue weighted by Crippen LogP contribution is 2.27. The van der Waals surface area contributed by atoms with Gasteiger partial charge >= 0.3 is 0 Å². The van der Waals surface area contributed by atoms with E-state index in [0.717, 1.165) is 22.2 Å². The lowest BCUT2D eigenvalue weighted by atomic mass is 10.0. The Morgan fingerprint density at radius 1 is 1.05 bits per heavy atom. The molecule has 4 nitrogen and oxygen atoms in total. The van der Waals surface area contributed by atoms with Gasteiger partial charge in [-0.25, -0.2) is 0 Å². The molecule has 19 heavy (non-hydrogen) atoms. The van der Waals surface area contributed by atoms with Gasteiger partial charge in [-0.2, -0.15) is 0 Å². The molecule has 1 atom stereocenters. The maximum Gasteiger partial charge on any atom is 0.221 e. The highest BCUT2D eigenvalue weighted by molar-refractivity contribution is 7.84. The Morgan fingerprint density at radius 2 is 1.79 bits per heavy atom. The van der Waals surface area contributed by atoms with Crippen molar-refractivity contribution in [2.45, 2.75) is 5.16 Å². The van der Waals surface area contributed by atoms with Crippen LogP contribution in [0.1, 0.15) is 0 Å². The highest BCUT2D eigenvalue weighted by Gasteiger charge is 2.14. The van der Waals surface area contributed by atoms with Gasteiger partial charge in [0.2, 0.25) is 5.16 Å². The molecular weight excluding hydrogens is 258 g/mol. The third kappa shape index (κ3) is 1.96. The maximum absolute atomic E-state index is 11.6. The molecule has 0 aliphatic heterocycles. The second-order valence-corrected chi connectivity index (χ2v) is 5.62. The molecule has 0 amide bonds. The van der Waals surface area contributed by atoms with Crippen molar-refractivity contribution in [2.75, 3.05) is 6.26 Å². The van der Waals surface area contributed by atoms with Crippen molar-refractivity contribution in [1.29, 1.82) is 0 Å². The van der Waals surface area contributed by atoms with Gasteiger partial charge in [-0.1, -0.05) is 42.5 Å². The van der Waals surface area contributed by atoms with Crippen molar-refractivity contribution >= 4 is 21.6 Å². The van der Waals surface area contributed by atoms with E-state index in [-0.39, 0.29) is 0 Å². The summed E-state index contributed by atoms with van der Waals surface area (Å²) in [6, 6.07) is 14.2. The Kier molecular flexibility index (Phi) is 2.91. The van der Waals surface area contributed by atoms with Crippen molar-refractivity contribution in [3.05, 3.63) is 42.5 Å². The molecule has 1 aromatic heterocycles. The topological polar surface area (TPSA) is 47.8 Å². The van der Waals surface area contributed by atoms with E-state index in [0.29, 0.717) is 5.16 Å². The highest BCUT2D eigenvalue weighted by atomic mass is 32.2. The van der Waals surface area contributed by atoms with Crippen LogP contribution in [-0.4, -0.2) is 25.2 Å². The molecule has 2 aromatic carbocycles. The summed E-state index contributed by atoms with van der Waals surface area (Å²) in [5.74, 6) is 0.738. The van der Waals surface area contributed by atoms with Gasteiger partial charge in [-0.05, 0) is 10.8 Å². The summed E-state index contributed by atoms with van der Waals surface area (Å²) in [4.78, 5) is 0. The van der Waals surface area contributed by atoms with E-state index < -0.39 is 10.8 Å². The van der Waals surface area contributed by atoms with Crippen LogP contribution >= 0.6 is 0 Å². The molecular formula is C14H13N3OS. The lowest BCUT2D eigenvalue weighted by molar-refractivity contribution is 0.669. The first-order chi connectivity index (χ1) is 9.18. The van der Waals surface area contributed by atoms with Crippen molar-refractivity contribution in [3.8, 4) is 11.4 Å². The minimum absolute atomic E-state index is 0.489. The van der Waals surface area contributed by atoms with Gasteiger partial charge in [0.25, 0.3) is 0 Å². The molecule has 0 fully saturated rings. The van der Waals surface area contributed by atoms with Gasteiger partial charge in [0.1, 0.15) is 0 Å². The number of hydrogen-bond acceptors (Lipinski definition) is 3. The van der Waals surface area contributed by atoms with E-state index >= 15 is 0 Å². The standard InChI is InChI=1S/C14H13N3OS/c1-17-13(15-16-14(17)19(2)18)12-9-5-7-10-6-3-4-8-11(10)12/h3-9H,1-2H3. The third-order valence-electron chi connectivity index (χ3n) is 3.12. The molecule has 96 valence electrons. The number of rotatable bonds is 2. The molecule has 0 saturated heterocycles. The quantitative estimate of drug-likeness (QED) is 0.719. The largest absolute Gasteiger partial charge is 0.303 e. The van der Waals surface area contributed by atoms with E-state index in [4.69, 9.17) is 0 Å². The molecule has 0 radical (unpaired) electrons. The molecule has 3 rings (SSSR count). The molecule has 0 aliphatic carbocycles. The number of fused-ring (bicyclic) bond motifs is 1. The Bertz CT molecular complexity index is 774. The summed E-state index contributed by atoms with van der Waals surface area (Å²) < 4.78 is 13.4. The fraction of sp³-hybridized carbons (Fsp3) is 0.143.